The third kappa shape index (κ3) is 2.91. The second-order valence-corrected chi connectivity index (χ2v) is 7.15. The summed E-state index contributed by atoms with van der Waals surface area (Å²) in [4.78, 5) is 34.7. The predicted octanol–water partition coefficient (Wildman–Crippen LogP) is 3.00. The maximum Gasteiger partial charge on any atom is 0.255 e. The lowest BCUT2D eigenvalue weighted by Crippen LogP contribution is -2.41. The van der Waals surface area contributed by atoms with Gasteiger partial charge in [0.25, 0.3) is 5.91 Å². The lowest BCUT2D eigenvalue weighted by molar-refractivity contribution is 0.0632. The summed E-state index contributed by atoms with van der Waals surface area (Å²) in [6.45, 7) is 3.01. The number of benzene rings is 2. The fourth-order valence-corrected chi connectivity index (χ4v) is 3.89. The van der Waals surface area contributed by atoms with Gasteiger partial charge in [-0.1, -0.05) is 48.5 Å². The highest BCUT2D eigenvalue weighted by molar-refractivity contribution is 6.06. The molecule has 5 rings (SSSR count). The lowest BCUT2D eigenvalue weighted by Gasteiger charge is -2.33. The van der Waals surface area contributed by atoms with Crippen molar-refractivity contribution in [3.63, 3.8) is 0 Å². The highest BCUT2D eigenvalue weighted by Crippen LogP contribution is 2.28. The fraction of sp³-hybridized carbons (Fsp3) is 0.182. The number of carbonyl (C=O) groups is 1. The van der Waals surface area contributed by atoms with Gasteiger partial charge in [-0.2, -0.15) is 5.10 Å². The van der Waals surface area contributed by atoms with Crippen molar-refractivity contribution in [3.8, 4) is 11.4 Å². The molecule has 0 unspecified atom stereocenters. The second-order valence-electron chi connectivity index (χ2n) is 7.15. The van der Waals surface area contributed by atoms with Crippen LogP contribution in [-0.4, -0.2) is 37.1 Å². The van der Waals surface area contributed by atoms with Crippen molar-refractivity contribution in [1.82, 2.24) is 24.6 Å². The van der Waals surface area contributed by atoms with Crippen LogP contribution in [0, 0.1) is 0 Å². The van der Waals surface area contributed by atoms with E-state index in [0.29, 0.717) is 30.0 Å². The smallest absolute Gasteiger partial charge is 0.255 e. The number of H-pyrrole nitrogens is 1. The molecular formula is C22H19N5O2. The molecule has 3 heterocycles. The van der Waals surface area contributed by atoms with Gasteiger partial charge in [-0.3, -0.25) is 9.59 Å². The summed E-state index contributed by atoms with van der Waals surface area (Å²) in [6.07, 6.45) is 0. The minimum Gasteiger partial charge on any atom is -0.327 e. The first-order valence-electron chi connectivity index (χ1n) is 9.55. The van der Waals surface area contributed by atoms with Crippen LogP contribution in [0.5, 0.6) is 0 Å². The summed E-state index contributed by atoms with van der Waals surface area (Å²) in [5.41, 5.74) is 1.72. The molecule has 144 valence electrons. The quantitative estimate of drug-likeness (QED) is 0.575. The standard InChI is InChI=1S/C22H19N5O2/c1-14-21-24-20(15-7-3-2-4-8-15)25-27(21)12-11-26(14)22(29)17-13-19(28)23-18-10-6-5-9-16(17)18/h2-10,13-14H,11-12H2,1H3,(H,23,28)/t14-/m0/s1. The molecule has 1 N–H and O–H groups in total. The van der Waals surface area contributed by atoms with E-state index in [9.17, 15) is 9.59 Å². The molecule has 1 atom stereocenters. The Kier molecular flexibility index (Phi) is 4.01. The summed E-state index contributed by atoms with van der Waals surface area (Å²) in [7, 11) is 0. The molecule has 0 saturated carbocycles. The number of hydrogen-bond donors (Lipinski definition) is 1. The SMILES string of the molecule is C[C@H]1c2nc(-c3ccccc3)nn2CCN1C(=O)c1cc(=O)[nH]c2ccccc12. The summed E-state index contributed by atoms with van der Waals surface area (Å²) in [6, 6.07) is 18.3. The summed E-state index contributed by atoms with van der Waals surface area (Å²) in [5, 5.41) is 5.35. The number of fused-ring (bicyclic) bond motifs is 2. The van der Waals surface area contributed by atoms with E-state index in [-0.39, 0.29) is 17.5 Å². The first-order chi connectivity index (χ1) is 14.1. The number of aromatic nitrogens is 4. The van der Waals surface area contributed by atoms with Crippen LogP contribution in [-0.2, 0) is 6.54 Å². The highest BCUT2D eigenvalue weighted by atomic mass is 16.2. The third-order valence-corrected chi connectivity index (χ3v) is 5.37. The van der Waals surface area contributed by atoms with Crippen LogP contribution in [0.3, 0.4) is 0 Å². The molecule has 7 nitrogen and oxygen atoms in total. The van der Waals surface area contributed by atoms with E-state index in [1.54, 1.807) is 11.0 Å². The van der Waals surface area contributed by atoms with E-state index in [1.165, 1.54) is 6.07 Å². The summed E-state index contributed by atoms with van der Waals surface area (Å²) < 4.78 is 1.87. The molecule has 7 heteroatoms. The van der Waals surface area contributed by atoms with Crippen LogP contribution in [0.25, 0.3) is 22.3 Å². The molecule has 29 heavy (non-hydrogen) atoms. The Morgan fingerprint density at radius 1 is 1.07 bits per heavy atom. The van der Waals surface area contributed by atoms with E-state index in [0.717, 1.165) is 16.8 Å². The Bertz CT molecular complexity index is 1280. The van der Waals surface area contributed by atoms with Crippen molar-refractivity contribution < 1.29 is 4.79 Å². The number of nitrogens with one attached hydrogen (secondary N) is 1. The van der Waals surface area contributed by atoms with Crippen molar-refractivity contribution in [2.75, 3.05) is 6.54 Å². The van der Waals surface area contributed by atoms with Crippen molar-refractivity contribution >= 4 is 16.8 Å². The van der Waals surface area contributed by atoms with Gasteiger partial charge in [0.15, 0.2) is 5.82 Å². The predicted molar refractivity (Wildman–Crippen MR) is 109 cm³/mol. The zero-order valence-electron chi connectivity index (χ0n) is 15.9. The molecule has 0 saturated heterocycles. The lowest BCUT2D eigenvalue weighted by atomic mass is 10.1. The Morgan fingerprint density at radius 3 is 2.66 bits per heavy atom. The molecule has 1 amide bonds. The number of pyridine rings is 1. The van der Waals surface area contributed by atoms with Gasteiger partial charge in [-0.15, -0.1) is 0 Å². The highest BCUT2D eigenvalue weighted by Gasteiger charge is 2.32. The first-order valence-corrected chi connectivity index (χ1v) is 9.55. The maximum atomic E-state index is 13.4. The first kappa shape index (κ1) is 17.4. The number of nitrogens with zero attached hydrogens (tertiary/aromatic N) is 4. The monoisotopic (exact) mass is 385 g/mol. The molecule has 0 aliphatic carbocycles. The van der Waals surface area contributed by atoms with Gasteiger partial charge >= 0.3 is 0 Å². The van der Waals surface area contributed by atoms with Crippen LogP contribution in [0.4, 0.5) is 0 Å². The second kappa shape index (κ2) is 6.70. The van der Waals surface area contributed by atoms with Crippen LogP contribution in [0.2, 0.25) is 0 Å². The van der Waals surface area contributed by atoms with Gasteiger partial charge in [0.05, 0.1) is 18.2 Å². The number of amides is 1. The van der Waals surface area contributed by atoms with Crippen LogP contribution >= 0.6 is 0 Å². The molecule has 1 aliphatic rings. The average molecular weight is 385 g/mol. The Balaban J connectivity index is 1.52. The fourth-order valence-electron chi connectivity index (χ4n) is 3.89. The van der Waals surface area contributed by atoms with Crippen molar-refractivity contribution in [2.24, 2.45) is 0 Å². The molecule has 0 fully saturated rings. The van der Waals surface area contributed by atoms with Gasteiger partial charge in [0.2, 0.25) is 5.56 Å². The average Bonchev–Trinajstić information content (AvgIpc) is 3.19. The number of carbonyl (C=O) groups excluding carboxylic acids is 1. The molecule has 0 spiro atoms. The van der Waals surface area contributed by atoms with E-state index in [2.05, 4.69) is 10.1 Å². The minimum absolute atomic E-state index is 0.171. The summed E-state index contributed by atoms with van der Waals surface area (Å²) in [5.74, 6) is 1.23. The zero-order chi connectivity index (χ0) is 20.0. The molecule has 2 aromatic carbocycles. The van der Waals surface area contributed by atoms with Gasteiger partial charge in [0.1, 0.15) is 5.82 Å². The Hall–Kier alpha value is -3.74. The molecule has 1 aliphatic heterocycles. The van der Waals surface area contributed by atoms with Gasteiger partial charge in [0, 0.05) is 29.1 Å². The molecule has 2 aromatic heterocycles. The van der Waals surface area contributed by atoms with Crippen molar-refractivity contribution in [1.29, 1.82) is 0 Å². The van der Waals surface area contributed by atoms with E-state index >= 15 is 0 Å². The van der Waals surface area contributed by atoms with E-state index < -0.39 is 0 Å². The van der Waals surface area contributed by atoms with Crippen LogP contribution in [0.15, 0.2) is 65.5 Å². The molecule has 4 aromatic rings. The number of aromatic amines is 1. The van der Waals surface area contributed by atoms with Gasteiger partial charge in [-0.05, 0) is 13.0 Å². The molecule has 0 bridgehead atoms. The topological polar surface area (TPSA) is 83.9 Å². The van der Waals surface area contributed by atoms with Crippen LogP contribution < -0.4 is 5.56 Å². The van der Waals surface area contributed by atoms with Crippen molar-refractivity contribution in [3.05, 3.63) is 82.4 Å². The number of hydrogen-bond acceptors (Lipinski definition) is 4. The van der Waals surface area contributed by atoms with Gasteiger partial charge < -0.3 is 9.88 Å². The normalized spacial score (nSPS) is 16.0. The van der Waals surface area contributed by atoms with Crippen LogP contribution in [0.1, 0.15) is 29.1 Å². The van der Waals surface area contributed by atoms with Crippen molar-refractivity contribution in [2.45, 2.75) is 19.5 Å². The van der Waals surface area contributed by atoms with Gasteiger partial charge in [-0.25, -0.2) is 9.67 Å². The van der Waals surface area contributed by atoms with E-state index in [4.69, 9.17) is 4.98 Å². The largest absolute Gasteiger partial charge is 0.327 e. The Labute approximate surface area is 166 Å². The minimum atomic E-state index is -0.286. The molecule has 0 radical (unpaired) electrons. The Morgan fingerprint density at radius 2 is 1.83 bits per heavy atom. The third-order valence-electron chi connectivity index (χ3n) is 5.37. The van der Waals surface area contributed by atoms with E-state index in [1.807, 2.05) is 60.1 Å². The number of para-hydroxylation sites is 1. The maximum absolute atomic E-state index is 13.4. The zero-order valence-corrected chi connectivity index (χ0v) is 15.9. The summed E-state index contributed by atoms with van der Waals surface area (Å²) >= 11 is 0. The number of rotatable bonds is 2. The molecular weight excluding hydrogens is 366 g/mol.